The number of rotatable bonds is 6. The number of aliphatic hydroxyl groups excluding tert-OH is 1. The van der Waals surface area contributed by atoms with Gasteiger partial charge < -0.3 is 10.8 Å². The highest BCUT2D eigenvalue weighted by molar-refractivity contribution is 5.16. The number of hydrogen-bond acceptors (Lipinski definition) is 4. The average Bonchev–Trinajstić information content (AvgIpc) is 2.89. The van der Waals surface area contributed by atoms with Gasteiger partial charge in [0.2, 0.25) is 0 Å². The van der Waals surface area contributed by atoms with Crippen molar-refractivity contribution in [3.8, 4) is 0 Å². The van der Waals surface area contributed by atoms with Crippen LogP contribution in [0.4, 0.5) is 0 Å². The number of hydrogen-bond donors (Lipinski definition) is 2. The predicted octanol–water partition coefficient (Wildman–Crippen LogP) is 0.930. The molecular formula is C14H23N3O. The Kier molecular flexibility index (Phi) is 5.11. The molecule has 1 aromatic heterocycles. The molecule has 1 aliphatic heterocycles. The van der Waals surface area contributed by atoms with Crippen molar-refractivity contribution in [2.45, 2.75) is 38.3 Å². The molecule has 0 bridgehead atoms. The number of aromatic nitrogens is 1. The van der Waals surface area contributed by atoms with E-state index >= 15 is 0 Å². The largest absolute Gasteiger partial charge is 0.392 e. The highest BCUT2D eigenvalue weighted by atomic mass is 16.3. The van der Waals surface area contributed by atoms with Crippen LogP contribution >= 0.6 is 0 Å². The van der Waals surface area contributed by atoms with E-state index in [4.69, 9.17) is 5.73 Å². The SMILES string of the molecule is NCC(O)CCc1cc(CN2CCCC2)ccn1. The van der Waals surface area contributed by atoms with Gasteiger partial charge in [-0.15, -0.1) is 0 Å². The molecule has 1 atom stereocenters. The second-order valence-electron chi connectivity index (χ2n) is 5.07. The van der Waals surface area contributed by atoms with Gasteiger partial charge in [-0.2, -0.15) is 0 Å². The maximum absolute atomic E-state index is 9.46. The van der Waals surface area contributed by atoms with E-state index in [1.807, 2.05) is 6.20 Å². The Labute approximate surface area is 109 Å². The zero-order valence-electron chi connectivity index (χ0n) is 10.9. The summed E-state index contributed by atoms with van der Waals surface area (Å²) >= 11 is 0. The van der Waals surface area contributed by atoms with Crippen LogP contribution in [-0.4, -0.2) is 40.7 Å². The van der Waals surface area contributed by atoms with Gasteiger partial charge in [0.25, 0.3) is 0 Å². The van der Waals surface area contributed by atoms with Crippen LogP contribution in [0.1, 0.15) is 30.5 Å². The Morgan fingerprint density at radius 1 is 1.39 bits per heavy atom. The maximum Gasteiger partial charge on any atom is 0.0666 e. The van der Waals surface area contributed by atoms with E-state index in [0.29, 0.717) is 13.0 Å². The maximum atomic E-state index is 9.46. The number of aryl methyl sites for hydroxylation is 1. The van der Waals surface area contributed by atoms with Gasteiger partial charge in [0.15, 0.2) is 0 Å². The first kappa shape index (κ1) is 13.5. The normalized spacial score (nSPS) is 18.1. The second kappa shape index (κ2) is 6.83. The van der Waals surface area contributed by atoms with Gasteiger partial charge in [0.1, 0.15) is 0 Å². The average molecular weight is 249 g/mol. The lowest BCUT2D eigenvalue weighted by molar-refractivity contribution is 0.173. The van der Waals surface area contributed by atoms with Crippen molar-refractivity contribution in [2.75, 3.05) is 19.6 Å². The molecule has 100 valence electrons. The monoisotopic (exact) mass is 249 g/mol. The molecule has 0 saturated carbocycles. The predicted molar refractivity (Wildman–Crippen MR) is 72.1 cm³/mol. The van der Waals surface area contributed by atoms with E-state index in [0.717, 1.165) is 18.7 Å². The Morgan fingerprint density at radius 2 is 2.17 bits per heavy atom. The lowest BCUT2D eigenvalue weighted by Gasteiger charge is -2.15. The molecule has 0 radical (unpaired) electrons. The molecule has 1 aromatic rings. The van der Waals surface area contributed by atoms with Crippen molar-refractivity contribution in [2.24, 2.45) is 5.73 Å². The van der Waals surface area contributed by atoms with Gasteiger partial charge >= 0.3 is 0 Å². The molecule has 0 aromatic carbocycles. The lowest BCUT2D eigenvalue weighted by Crippen LogP contribution is -2.20. The number of likely N-dealkylation sites (tertiary alicyclic amines) is 1. The first-order valence-electron chi connectivity index (χ1n) is 6.82. The minimum absolute atomic E-state index is 0.327. The van der Waals surface area contributed by atoms with Crippen LogP contribution in [0.3, 0.4) is 0 Å². The van der Waals surface area contributed by atoms with E-state index in [-0.39, 0.29) is 0 Å². The van der Waals surface area contributed by atoms with Gasteiger partial charge in [0.05, 0.1) is 6.10 Å². The summed E-state index contributed by atoms with van der Waals surface area (Å²) in [6.07, 6.45) is 5.59. The Morgan fingerprint density at radius 3 is 2.89 bits per heavy atom. The zero-order valence-corrected chi connectivity index (χ0v) is 10.9. The molecule has 4 heteroatoms. The van der Waals surface area contributed by atoms with Crippen LogP contribution in [0.5, 0.6) is 0 Å². The van der Waals surface area contributed by atoms with Crippen molar-refractivity contribution in [1.82, 2.24) is 9.88 Å². The summed E-state index contributed by atoms with van der Waals surface area (Å²) in [5.41, 5.74) is 7.78. The summed E-state index contributed by atoms with van der Waals surface area (Å²) in [7, 11) is 0. The van der Waals surface area contributed by atoms with Crippen LogP contribution in [0.2, 0.25) is 0 Å². The highest BCUT2D eigenvalue weighted by Crippen LogP contribution is 2.13. The molecule has 2 heterocycles. The molecule has 0 spiro atoms. The standard InChI is InChI=1S/C14H23N3O/c15-10-14(18)4-3-13-9-12(5-6-16-13)11-17-7-1-2-8-17/h5-6,9,14,18H,1-4,7-8,10-11,15H2. The topological polar surface area (TPSA) is 62.4 Å². The Bertz CT molecular complexity index is 364. The lowest BCUT2D eigenvalue weighted by atomic mass is 10.1. The molecule has 3 N–H and O–H groups in total. The van der Waals surface area contributed by atoms with Crippen LogP contribution < -0.4 is 5.73 Å². The van der Waals surface area contributed by atoms with Gasteiger partial charge in [-0.1, -0.05) is 0 Å². The van der Waals surface area contributed by atoms with Gasteiger partial charge in [-0.25, -0.2) is 0 Å². The van der Waals surface area contributed by atoms with Crippen LogP contribution in [0.25, 0.3) is 0 Å². The van der Waals surface area contributed by atoms with Gasteiger partial charge in [0, 0.05) is 25.0 Å². The third kappa shape index (κ3) is 4.05. The summed E-state index contributed by atoms with van der Waals surface area (Å²) in [6, 6.07) is 4.24. The first-order valence-corrected chi connectivity index (χ1v) is 6.82. The molecule has 0 amide bonds. The molecule has 1 fully saturated rings. The number of nitrogens with two attached hydrogens (primary N) is 1. The van der Waals surface area contributed by atoms with Crippen LogP contribution in [-0.2, 0) is 13.0 Å². The van der Waals surface area contributed by atoms with Crippen LogP contribution in [0.15, 0.2) is 18.3 Å². The van der Waals surface area contributed by atoms with Gasteiger partial charge in [-0.05, 0) is 56.5 Å². The van der Waals surface area contributed by atoms with Crippen molar-refractivity contribution in [1.29, 1.82) is 0 Å². The highest BCUT2D eigenvalue weighted by Gasteiger charge is 2.12. The molecular weight excluding hydrogens is 226 g/mol. The third-order valence-corrected chi connectivity index (χ3v) is 3.49. The van der Waals surface area contributed by atoms with Crippen molar-refractivity contribution >= 4 is 0 Å². The number of pyridine rings is 1. The summed E-state index contributed by atoms with van der Waals surface area (Å²) in [4.78, 5) is 6.83. The minimum Gasteiger partial charge on any atom is -0.392 e. The summed E-state index contributed by atoms with van der Waals surface area (Å²) in [5, 5.41) is 9.46. The molecule has 18 heavy (non-hydrogen) atoms. The third-order valence-electron chi connectivity index (χ3n) is 3.49. The van der Waals surface area contributed by atoms with Crippen LogP contribution in [0, 0.1) is 0 Å². The van der Waals surface area contributed by atoms with E-state index < -0.39 is 6.10 Å². The van der Waals surface area contributed by atoms with E-state index in [2.05, 4.69) is 22.0 Å². The van der Waals surface area contributed by atoms with Crippen molar-refractivity contribution < 1.29 is 5.11 Å². The van der Waals surface area contributed by atoms with Crippen molar-refractivity contribution in [3.05, 3.63) is 29.6 Å². The summed E-state index contributed by atoms with van der Waals surface area (Å²) in [5.74, 6) is 0. The summed E-state index contributed by atoms with van der Waals surface area (Å²) < 4.78 is 0. The Hall–Kier alpha value is -0.970. The first-order chi connectivity index (χ1) is 8.78. The number of nitrogens with zero attached hydrogens (tertiary/aromatic N) is 2. The second-order valence-corrected chi connectivity index (χ2v) is 5.07. The fraction of sp³-hybridized carbons (Fsp3) is 0.643. The minimum atomic E-state index is -0.408. The molecule has 1 unspecified atom stereocenters. The quantitative estimate of drug-likeness (QED) is 0.787. The van der Waals surface area contributed by atoms with Gasteiger partial charge in [-0.3, -0.25) is 9.88 Å². The smallest absolute Gasteiger partial charge is 0.0666 e. The zero-order chi connectivity index (χ0) is 12.8. The summed E-state index contributed by atoms with van der Waals surface area (Å²) in [6.45, 7) is 3.77. The van der Waals surface area contributed by atoms with Crippen molar-refractivity contribution in [3.63, 3.8) is 0 Å². The molecule has 4 nitrogen and oxygen atoms in total. The Balaban J connectivity index is 1.88. The van der Waals surface area contributed by atoms with E-state index in [1.54, 1.807) is 0 Å². The van der Waals surface area contributed by atoms with E-state index in [1.165, 1.54) is 31.5 Å². The molecule has 0 aliphatic carbocycles. The molecule has 2 rings (SSSR count). The van der Waals surface area contributed by atoms with E-state index in [9.17, 15) is 5.11 Å². The molecule has 1 aliphatic rings. The number of aliphatic hydroxyl groups is 1. The fourth-order valence-electron chi connectivity index (χ4n) is 2.39. The fourth-order valence-corrected chi connectivity index (χ4v) is 2.39. The molecule has 1 saturated heterocycles.